The molecule has 0 aliphatic heterocycles. The highest BCUT2D eigenvalue weighted by molar-refractivity contribution is 4.89. The molecule has 0 heterocycles. The molecule has 1 atom stereocenters. The van der Waals surface area contributed by atoms with Gasteiger partial charge in [0.15, 0.2) is 0 Å². The topological polar surface area (TPSA) is 33.0 Å². The smallest absolute Gasteiger partial charge is 0.0725 e. The monoisotopic (exact) mass is 181 g/mol. The van der Waals surface area contributed by atoms with Crippen molar-refractivity contribution >= 4 is 0 Å². The molecule has 1 fully saturated rings. The fraction of sp³-hybridized carbons (Fsp3) is 0.909. The van der Waals surface area contributed by atoms with Crippen LogP contribution in [-0.4, -0.2) is 13.2 Å². The highest BCUT2D eigenvalue weighted by Crippen LogP contribution is 2.29. The van der Waals surface area contributed by atoms with Crippen molar-refractivity contribution in [1.29, 1.82) is 5.26 Å². The maximum Gasteiger partial charge on any atom is 0.0725 e. The van der Waals surface area contributed by atoms with Crippen LogP contribution < -0.4 is 0 Å². The van der Waals surface area contributed by atoms with Gasteiger partial charge in [0.05, 0.1) is 18.6 Å². The Hall–Kier alpha value is -0.550. The molecule has 0 N–H and O–H groups in total. The molecule has 1 aliphatic carbocycles. The summed E-state index contributed by atoms with van der Waals surface area (Å²) in [5, 5.41) is 8.97. The number of nitriles is 1. The normalized spacial score (nSPS) is 20.9. The van der Waals surface area contributed by atoms with E-state index in [4.69, 9.17) is 10.00 Å². The van der Waals surface area contributed by atoms with Gasteiger partial charge in [0.2, 0.25) is 0 Å². The van der Waals surface area contributed by atoms with Crippen molar-refractivity contribution < 1.29 is 4.74 Å². The molecule has 2 nitrogen and oxygen atoms in total. The lowest BCUT2D eigenvalue weighted by molar-refractivity contribution is 0.0972. The SMILES string of the molecule is CCOC[C@H](C#N)C1CCCCC1. The van der Waals surface area contributed by atoms with Crippen LogP contribution in [0.5, 0.6) is 0 Å². The minimum Gasteiger partial charge on any atom is -0.380 e. The van der Waals surface area contributed by atoms with Gasteiger partial charge < -0.3 is 4.74 Å². The van der Waals surface area contributed by atoms with E-state index in [-0.39, 0.29) is 5.92 Å². The number of rotatable bonds is 4. The molecule has 1 rings (SSSR count). The van der Waals surface area contributed by atoms with Gasteiger partial charge in [-0.2, -0.15) is 5.26 Å². The first-order valence-corrected chi connectivity index (χ1v) is 5.35. The van der Waals surface area contributed by atoms with E-state index in [1.54, 1.807) is 0 Å². The molecule has 1 saturated carbocycles. The standard InChI is InChI=1S/C11H19NO/c1-2-13-9-11(8-12)10-6-4-3-5-7-10/h10-11H,2-7,9H2,1H3/t11-/m0/s1. The van der Waals surface area contributed by atoms with Gasteiger partial charge in [-0.3, -0.25) is 0 Å². The number of ether oxygens (including phenoxy) is 1. The largest absolute Gasteiger partial charge is 0.380 e. The summed E-state index contributed by atoms with van der Waals surface area (Å²) in [7, 11) is 0. The fourth-order valence-electron chi connectivity index (χ4n) is 2.06. The maximum atomic E-state index is 8.97. The minimum atomic E-state index is 0.139. The van der Waals surface area contributed by atoms with E-state index < -0.39 is 0 Å². The molecule has 0 saturated heterocycles. The van der Waals surface area contributed by atoms with Gasteiger partial charge in [-0.1, -0.05) is 19.3 Å². The molecule has 13 heavy (non-hydrogen) atoms. The van der Waals surface area contributed by atoms with Crippen LogP contribution >= 0.6 is 0 Å². The van der Waals surface area contributed by atoms with Crippen molar-refractivity contribution in [2.75, 3.05) is 13.2 Å². The van der Waals surface area contributed by atoms with Crippen LogP contribution in [0.4, 0.5) is 0 Å². The Morgan fingerprint density at radius 1 is 1.38 bits per heavy atom. The molecule has 1 aliphatic rings. The predicted octanol–water partition coefficient (Wildman–Crippen LogP) is 2.74. The van der Waals surface area contributed by atoms with Gasteiger partial charge in [-0.05, 0) is 25.7 Å². The molecule has 2 heteroatoms. The number of hydrogen-bond donors (Lipinski definition) is 0. The van der Waals surface area contributed by atoms with Crippen LogP contribution in [0.2, 0.25) is 0 Å². The van der Waals surface area contributed by atoms with Crippen LogP contribution in [0, 0.1) is 23.2 Å². The first-order chi connectivity index (χ1) is 6.38. The van der Waals surface area contributed by atoms with Crippen LogP contribution in [0.1, 0.15) is 39.0 Å². The number of hydrogen-bond acceptors (Lipinski definition) is 2. The number of nitrogens with zero attached hydrogens (tertiary/aromatic N) is 1. The highest BCUT2D eigenvalue weighted by atomic mass is 16.5. The van der Waals surface area contributed by atoms with Crippen molar-refractivity contribution in [3.05, 3.63) is 0 Å². The zero-order chi connectivity index (χ0) is 9.52. The second-order valence-electron chi connectivity index (χ2n) is 3.79. The first-order valence-electron chi connectivity index (χ1n) is 5.35. The van der Waals surface area contributed by atoms with E-state index in [0.29, 0.717) is 12.5 Å². The van der Waals surface area contributed by atoms with Crippen molar-refractivity contribution in [2.24, 2.45) is 11.8 Å². The van der Waals surface area contributed by atoms with E-state index in [1.807, 2.05) is 6.92 Å². The third kappa shape index (κ3) is 3.36. The Balaban J connectivity index is 2.31. The second kappa shape index (κ2) is 5.99. The summed E-state index contributed by atoms with van der Waals surface area (Å²) in [6.45, 7) is 3.35. The molecular formula is C11H19NO. The Morgan fingerprint density at radius 3 is 2.62 bits per heavy atom. The summed E-state index contributed by atoms with van der Waals surface area (Å²) < 4.78 is 5.32. The van der Waals surface area contributed by atoms with Crippen LogP contribution in [0.15, 0.2) is 0 Å². The Kier molecular flexibility index (Phi) is 4.85. The fourth-order valence-corrected chi connectivity index (χ4v) is 2.06. The Morgan fingerprint density at radius 2 is 2.08 bits per heavy atom. The van der Waals surface area contributed by atoms with Crippen molar-refractivity contribution in [3.63, 3.8) is 0 Å². The van der Waals surface area contributed by atoms with Gasteiger partial charge in [-0.15, -0.1) is 0 Å². The molecule has 0 aromatic rings. The lowest BCUT2D eigenvalue weighted by Crippen LogP contribution is -2.21. The lowest BCUT2D eigenvalue weighted by Gasteiger charge is -2.25. The zero-order valence-electron chi connectivity index (χ0n) is 8.46. The molecule has 0 amide bonds. The van der Waals surface area contributed by atoms with E-state index in [1.165, 1.54) is 32.1 Å². The summed E-state index contributed by atoms with van der Waals surface area (Å²) in [6, 6.07) is 2.38. The maximum absolute atomic E-state index is 8.97. The highest BCUT2D eigenvalue weighted by Gasteiger charge is 2.23. The van der Waals surface area contributed by atoms with Crippen molar-refractivity contribution in [1.82, 2.24) is 0 Å². The summed E-state index contributed by atoms with van der Waals surface area (Å²) in [6.07, 6.45) is 6.41. The average Bonchev–Trinajstić information content (AvgIpc) is 2.21. The van der Waals surface area contributed by atoms with Crippen LogP contribution in [0.25, 0.3) is 0 Å². The molecule has 0 spiro atoms. The van der Waals surface area contributed by atoms with Gasteiger partial charge in [0, 0.05) is 6.61 Å². The van der Waals surface area contributed by atoms with Crippen molar-refractivity contribution in [3.8, 4) is 6.07 Å². The molecule has 74 valence electrons. The van der Waals surface area contributed by atoms with E-state index >= 15 is 0 Å². The summed E-state index contributed by atoms with van der Waals surface area (Å²) in [4.78, 5) is 0. The molecule has 0 bridgehead atoms. The second-order valence-corrected chi connectivity index (χ2v) is 3.79. The third-order valence-electron chi connectivity index (χ3n) is 2.89. The zero-order valence-corrected chi connectivity index (χ0v) is 8.46. The summed E-state index contributed by atoms with van der Waals surface area (Å²) >= 11 is 0. The predicted molar refractivity (Wildman–Crippen MR) is 52.2 cm³/mol. The molecular weight excluding hydrogens is 162 g/mol. The van der Waals surface area contributed by atoms with Gasteiger partial charge >= 0.3 is 0 Å². The van der Waals surface area contributed by atoms with Gasteiger partial charge in [0.1, 0.15) is 0 Å². The third-order valence-corrected chi connectivity index (χ3v) is 2.89. The van der Waals surface area contributed by atoms with Gasteiger partial charge in [0.25, 0.3) is 0 Å². The quantitative estimate of drug-likeness (QED) is 0.668. The lowest BCUT2D eigenvalue weighted by atomic mass is 9.81. The first kappa shape index (κ1) is 10.5. The molecule has 0 unspecified atom stereocenters. The molecule has 0 radical (unpaired) electrons. The Labute approximate surface area is 80.9 Å². The summed E-state index contributed by atoms with van der Waals surface area (Å²) in [5.74, 6) is 0.741. The van der Waals surface area contributed by atoms with Crippen LogP contribution in [-0.2, 0) is 4.74 Å². The Bertz CT molecular complexity index is 167. The van der Waals surface area contributed by atoms with E-state index in [2.05, 4.69) is 6.07 Å². The average molecular weight is 181 g/mol. The summed E-state index contributed by atoms with van der Waals surface area (Å²) in [5.41, 5.74) is 0. The van der Waals surface area contributed by atoms with Crippen molar-refractivity contribution in [2.45, 2.75) is 39.0 Å². The van der Waals surface area contributed by atoms with E-state index in [9.17, 15) is 0 Å². The van der Waals surface area contributed by atoms with E-state index in [0.717, 1.165) is 6.61 Å². The molecule has 0 aromatic heterocycles. The minimum absolute atomic E-state index is 0.139. The van der Waals surface area contributed by atoms with Crippen LogP contribution in [0.3, 0.4) is 0 Å². The molecule has 0 aromatic carbocycles. The van der Waals surface area contributed by atoms with Gasteiger partial charge in [-0.25, -0.2) is 0 Å².